The van der Waals surface area contributed by atoms with Gasteiger partial charge in [-0.15, -0.1) is 11.3 Å². The van der Waals surface area contributed by atoms with Crippen molar-refractivity contribution in [2.45, 2.75) is 13.1 Å². The quantitative estimate of drug-likeness (QED) is 0.219. The lowest BCUT2D eigenvalue weighted by Crippen LogP contribution is -2.15. The molecule has 0 aliphatic carbocycles. The number of amides is 2. The second kappa shape index (κ2) is 10.5. The zero-order valence-corrected chi connectivity index (χ0v) is 21.0. The van der Waals surface area contributed by atoms with Gasteiger partial charge in [0, 0.05) is 28.5 Å². The number of aromatic nitrogens is 3. The van der Waals surface area contributed by atoms with Crippen molar-refractivity contribution in [3.63, 3.8) is 0 Å². The first kappa shape index (κ1) is 25.8. The first-order chi connectivity index (χ1) is 18.7. The number of rotatable bonds is 6. The average Bonchev–Trinajstić information content (AvgIpc) is 3.36. The van der Waals surface area contributed by atoms with E-state index in [4.69, 9.17) is 0 Å². The fraction of sp³-hybridized carbons (Fsp3) is 0.0741. The highest BCUT2D eigenvalue weighted by Gasteiger charge is 2.31. The average molecular weight is 549 g/mol. The Bertz CT molecular complexity index is 1690. The third-order valence-corrected chi connectivity index (χ3v) is 6.68. The van der Waals surface area contributed by atoms with Crippen molar-refractivity contribution in [3.05, 3.63) is 101 Å². The summed E-state index contributed by atoms with van der Waals surface area (Å²) in [6.07, 6.45) is -1.57. The second-order valence-electron chi connectivity index (χ2n) is 8.41. The molecule has 0 saturated carbocycles. The highest BCUT2D eigenvalue weighted by molar-refractivity contribution is 7.18. The Balaban J connectivity index is 1.35. The third kappa shape index (κ3) is 5.70. The smallest absolute Gasteiger partial charge is 0.324 e. The second-order valence-corrected chi connectivity index (χ2v) is 9.29. The summed E-state index contributed by atoms with van der Waals surface area (Å²) in [5, 5.41) is 10.2. The Labute approximate surface area is 224 Å². The van der Waals surface area contributed by atoms with Gasteiger partial charge in [0.2, 0.25) is 0 Å². The zero-order chi connectivity index (χ0) is 27.6. The summed E-state index contributed by atoms with van der Waals surface area (Å²) in [4.78, 5) is 38.6. The number of alkyl halides is 3. The molecule has 0 spiro atoms. The number of nitrogens with one attached hydrogen (secondary N) is 3. The van der Waals surface area contributed by atoms with E-state index in [-0.39, 0.29) is 5.56 Å². The van der Waals surface area contributed by atoms with E-state index < -0.39 is 23.6 Å². The maximum absolute atomic E-state index is 13.2. The van der Waals surface area contributed by atoms with Gasteiger partial charge >= 0.3 is 6.18 Å². The molecule has 196 valence electrons. The molecule has 3 N–H and O–H groups in total. The number of carbonyl (C=O) groups is 2. The number of anilines is 4. The van der Waals surface area contributed by atoms with Crippen molar-refractivity contribution >= 4 is 56.4 Å². The first-order valence-electron chi connectivity index (χ1n) is 11.5. The Kier molecular flexibility index (Phi) is 6.94. The van der Waals surface area contributed by atoms with Crippen LogP contribution in [0.4, 0.5) is 36.2 Å². The number of halogens is 3. The van der Waals surface area contributed by atoms with E-state index in [0.29, 0.717) is 44.4 Å². The molecule has 0 radical (unpaired) electrons. The van der Waals surface area contributed by atoms with Crippen LogP contribution in [-0.4, -0.2) is 26.8 Å². The Morgan fingerprint density at radius 1 is 0.897 bits per heavy atom. The van der Waals surface area contributed by atoms with Crippen molar-refractivity contribution in [3.8, 4) is 0 Å². The van der Waals surface area contributed by atoms with Crippen LogP contribution in [0.25, 0.3) is 10.2 Å². The van der Waals surface area contributed by atoms with Crippen LogP contribution in [-0.2, 0) is 6.18 Å². The molecular weight excluding hydrogens is 529 g/mol. The highest BCUT2D eigenvalue weighted by atomic mass is 32.1. The number of hydrogen-bond donors (Lipinski definition) is 3. The molecule has 0 bridgehead atoms. The molecule has 39 heavy (non-hydrogen) atoms. The molecule has 5 aromatic rings. The Hall–Kier alpha value is -4.84. The third-order valence-electron chi connectivity index (χ3n) is 5.71. The molecule has 0 aliphatic heterocycles. The van der Waals surface area contributed by atoms with Crippen molar-refractivity contribution in [2.75, 3.05) is 16.0 Å². The lowest BCUT2D eigenvalue weighted by Gasteiger charge is -2.12. The minimum absolute atomic E-state index is 0.143. The fourth-order valence-corrected chi connectivity index (χ4v) is 4.67. The van der Waals surface area contributed by atoms with Gasteiger partial charge in [0.15, 0.2) is 5.82 Å². The molecule has 0 aliphatic rings. The summed E-state index contributed by atoms with van der Waals surface area (Å²) in [6.45, 7) is 1.77. The molecule has 8 nitrogen and oxygen atoms in total. The predicted molar refractivity (Wildman–Crippen MR) is 143 cm³/mol. The van der Waals surface area contributed by atoms with E-state index >= 15 is 0 Å². The van der Waals surface area contributed by atoms with Gasteiger partial charge in [-0.3, -0.25) is 9.59 Å². The molecule has 0 unspecified atom stereocenters. The van der Waals surface area contributed by atoms with E-state index in [0.717, 1.165) is 12.1 Å². The van der Waals surface area contributed by atoms with Crippen LogP contribution in [0, 0.1) is 6.92 Å². The summed E-state index contributed by atoms with van der Waals surface area (Å²) in [5.41, 5.74) is 1.16. The van der Waals surface area contributed by atoms with Crippen LogP contribution in [0.15, 0.2) is 78.6 Å². The maximum atomic E-state index is 13.2. The Morgan fingerprint density at radius 2 is 1.74 bits per heavy atom. The normalized spacial score (nSPS) is 11.3. The van der Waals surface area contributed by atoms with Crippen molar-refractivity contribution in [2.24, 2.45) is 0 Å². The molecule has 0 fully saturated rings. The van der Waals surface area contributed by atoms with Crippen LogP contribution in [0.2, 0.25) is 0 Å². The number of aryl methyl sites for hydroxylation is 1. The number of thiophene rings is 1. The summed E-state index contributed by atoms with van der Waals surface area (Å²) >= 11 is 1.30. The van der Waals surface area contributed by atoms with Crippen molar-refractivity contribution in [1.29, 1.82) is 0 Å². The van der Waals surface area contributed by atoms with Gasteiger partial charge in [-0.25, -0.2) is 15.0 Å². The standard InChI is InChI=1S/C27H19F3N6O2S/c1-15-8-9-18(34-25(37)16-5-4-6-17(11-16)27(28,29)30)12-20(15)35-26(38)19-13-39-23-22(19)32-14-33-24(23)36-21-7-2-3-10-31-21/h2-14H,1H3,(H,34,37)(H,35,38)(H,31,32,33,36). The van der Waals surface area contributed by atoms with Gasteiger partial charge < -0.3 is 16.0 Å². The number of hydrogen-bond acceptors (Lipinski definition) is 7. The van der Waals surface area contributed by atoms with Gasteiger partial charge in [-0.2, -0.15) is 13.2 Å². The predicted octanol–water partition coefficient (Wildman–Crippen LogP) is 6.66. The SMILES string of the molecule is Cc1ccc(NC(=O)c2cccc(C(F)(F)F)c2)cc1NC(=O)c1csc2c(Nc3ccccn3)ncnc12. The molecule has 0 atom stereocenters. The molecule has 2 amide bonds. The van der Waals surface area contributed by atoms with E-state index in [1.807, 2.05) is 6.07 Å². The monoisotopic (exact) mass is 548 g/mol. The van der Waals surface area contributed by atoms with E-state index in [1.165, 1.54) is 35.9 Å². The van der Waals surface area contributed by atoms with E-state index in [2.05, 4.69) is 30.9 Å². The topological polar surface area (TPSA) is 109 Å². The molecule has 0 saturated heterocycles. The van der Waals surface area contributed by atoms with E-state index in [9.17, 15) is 22.8 Å². The van der Waals surface area contributed by atoms with Gasteiger partial charge in [0.25, 0.3) is 11.8 Å². The van der Waals surface area contributed by atoms with Gasteiger partial charge in [0.1, 0.15) is 12.1 Å². The van der Waals surface area contributed by atoms with Crippen molar-refractivity contribution < 1.29 is 22.8 Å². The molecular formula is C27H19F3N6O2S. The van der Waals surface area contributed by atoms with Crippen LogP contribution in [0.1, 0.15) is 31.8 Å². The minimum Gasteiger partial charge on any atom is -0.324 e. The fourth-order valence-electron chi connectivity index (χ4n) is 3.72. The van der Waals surface area contributed by atoms with Gasteiger partial charge in [0.05, 0.1) is 21.3 Å². The lowest BCUT2D eigenvalue weighted by atomic mass is 10.1. The van der Waals surface area contributed by atoms with Crippen molar-refractivity contribution in [1.82, 2.24) is 15.0 Å². The summed E-state index contributed by atoms with van der Waals surface area (Å²) < 4.78 is 39.8. The summed E-state index contributed by atoms with van der Waals surface area (Å²) in [7, 11) is 0. The maximum Gasteiger partial charge on any atom is 0.416 e. The number of benzene rings is 2. The van der Waals surface area contributed by atoms with Gasteiger partial charge in [-0.05, 0) is 55.0 Å². The van der Waals surface area contributed by atoms with Crippen LogP contribution >= 0.6 is 11.3 Å². The number of fused-ring (bicyclic) bond motifs is 1. The number of nitrogens with zero attached hydrogens (tertiary/aromatic N) is 3. The van der Waals surface area contributed by atoms with Gasteiger partial charge in [-0.1, -0.05) is 18.2 Å². The lowest BCUT2D eigenvalue weighted by molar-refractivity contribution is -0.137. The summed E-state index contributed by atoms with van der Waals surface area (Å²) in [5.74, 6) is -0.0290. The van der Waals surface area contributed by atoms with E-state index in [1.54, 1.807) is 42.8 Å². The molecule has 12 heteroatoms. The molecule has 2 aromatic carbocycles. The van der Waals surface area contributed by atoms with Crippen LogP contribution in [0.3, 0.4) is 0 Å². The van der Waals surface area contributed by atoms with Crippen LogP contribution in [0.5, 0.6) is 0 Å². The summed E-state index contributed by atoms with van der Waals surface area (Å²) in [6, 6.07) is 14.4. The minimum atomic E-state index is -4.57. The highest BCUT2D eigenvalue weighted by Crippen LogP contribution is 2.32. The largest absolute Gasteiger partial charge is 0.416 e. The Morgan fingerprint density at radius 3 is 2.51 bits per heavy atom. The molecule has 3 aromatic heterocycles. The first-order valence-corrected chi connectivity index (χ1v) is 12.4. The number of pyridine rings is 1. The zero-order valence-electron chi connectivity index (χ0n) is 20.2. The van der Waals surface area contributed by atoms with Crippen LogP contribution < -0.4 is 16.0 Å². The molecule has 5 rings (SSSR count). The number of carbonyl (C=O) groups excluding carboxylic acids is 2. The molecule has 3 heterocycles.